The summed E-state index contributed by atoms with van der Waals surface area (Å²) in [6.07, 6.45) is 18.6. The van der Waals surface area contributed by atoms with Crippen LogP contribution >= 0.6 is 0 Å². The third kappa shape index (κ3) is 15.8. The van der Waals surface area contributed by atoms with Gasteiger partial charge in [0.05, 0.1) is 0 Å². The van der Waals surface area contributed by atoms with Crippen LogP contribution < -0.4 is 10.6 Å². The first kappa shape index (κ1) is 31.1. The van der Waals surface area contributed by atoms with Crippen LogP contribution in [0.4, 0.5) is 0 Å². The van der Waals surface area contributed by atoms with Crippen LogP contribution in [0.25, 0.3) is 0 Å². The quantitative estimate of drug-likeness (QED) is 0.211. The molecule has 0 aromatic carbocycles. The SMILES string of the molecule is CCCCCCCCCCCCCCCC(=O)NC(C(=O)NC(C(C)C)S(C)=O)C(C)C. The molecule has 190 valence electrons. The molecule has 0 aromatic heterocycles. The van der Waals surface area contributed by atoms with Crippen molar-refractivity contribution in [1.29, 1.82) is 0 Å². The van der Waals surface area contributed by atoms with Crippen LogP contribution in [0.3, 0.4) is 0 Å². The summed E-state index contributed by atoms with van der Waals surface area (Å²) in [5.74, 6) is -0.268. The highest BCUT2D eigenvalue weighted by molar-refractivity contribution is 7.84. The van der Waals surface area contributed by atoms with E-state index in [9.17, 15) is 13.8 Å². The molecule has 0 radical (unpaired) electrons. The predicted molar refractivity (Wildman–Crippen MR) is 138 cm³/mol. The average molecular weight is 473 g/mol. The Morgan fingerprint density at radius 3 is 1.50 bits per heavy atom. The van der Waals surface area contributed by atoms with E-state index in [1.54, 1.807) is 6.26 Å². The van der Waals surface area contributed by atoms with Crippen molar-refractivity contribution in [2.24, 2.45) is 11.8 Å². The maximum Gasteiger partial charge on any atom is 0.243 e. The molecule has 0 saturated carbocycles. The molecule has 0 heterocycles. The molecule has 0 aliphatic rings. The Hall–Kier alpha value is -0.910. The Labute approximate surface area is 201 Å². The molecule has 32 heavy (non-hydrogen) atoms. The zero-order valence-electron chi connectivity index (χ0n) is 21.8. The number of rotatable bonds is 20. The van der Waals surface area contributed by atoms with Crippen LogP contribution in [0.2, 0.25) is 0 Å². The first-order valence-corrected chi connectivity index (χ1v) is 14.7. The van der Waals surface area contributed by atoms with Crippen LogP contribution in [-0.4, -0.2) is 33.7 Å². The lowest BCUT2D eigenvalue weighted by Crippen LogP contribution is -2.53. The van der Waals surface area contributed by atoms with Crippen molar-refractivity contribution in [3.8, 4) is 0 Å². The lowest BCUT2D eigenvalue weighted by molar-refractivity contribution is -0.130. The molecule has 0 bridgehead atoms. The van der Waals surface area contributed by atoms with Gasteiger partial charge in [0, 0.05) is 23.5 Å². The average Bonchev–Trinajstić information content (AvgIpc) is 2.72. The summed E-state index contributed by atoms with van der Waals surface area (Å²) in [4.78, 5) is 25.0. The Bertz CT molecular complexity index is 523. The Morgan fingerprint density at radius 1 is 0.688 bits per heavy atom. The largest absolute Gasteiger partial charge is 0.344 e. The standard InChI is InChI=1S/C26H52N2O3S/c1-7-8-9-10-11-12-13-14-15-16-17-18-19-20-23(29)27-24(21(2)3)25(30)28-26(22(4)5)32(6)31/h21-22,24,26H,7-20H2,1-6H3,(H,27,29)(H,28,30). The van der Waals surface area contributed by atoms with E-state index in [0.29, 0.717) is 6.42 Å². The molecule has 0 aliphatic carbocycles. The Balaban J connectivity index is 3.98. The summed E-state index contributed by atoms with van der Waals surface area (Å²) in [6, 6.07) is -0.589. The summed E-state index contributed by atoms with van der Waals surface area (Å²) >= 11 is 0. The van der Waals surface area contributed by atoms with E-state index in [2.05, 4.69) is 17.6 Å². The summed E-state index contributed by atoms with van der Waals surface area (Å²) in [6.45, 7) is 9.97. The molecule has 2 N–H and O–H groups in total. The Kier molecular flexibility index (Phi) is 19.0. The molecule has 0 aromatic rings. The van der Waals surface area contributed by atoms with Gasteiger partial charge in [0.25, 0.3) is 0 Å². The zero-order valence-corrected chi connectivity index (χ0v) is 22.7. The van der Waals surface area contributed by atoms with Crippen molar-refractivity contribution in [3.63, 3.8) is 0 Å². The molecular formula is C26H52N2O3S. The van der Waals surface area contributed by atoms with Gasteiger partial charge in [-0.05, 0) is 18.3 Å². The second-order valence-corrected chi connectivity index (χ2v) is 11.5. The highest BCUT2D eigenvalue weighted by Crippen LogP contribution is 2.13. The van der Waals surface area contributed by atoms with Crippen molar-refractivity contribution in [1.82, 2.24) is 10.6 Å². The van der Waals surface area contributed by atoms with Gasteiger partial charge in [-0.1, -0.05) is 112 Å². The van der Waals surface area contributed by atoms with Crippen molar-refractivity contribution in [3.05, 3.63) is 0 Å². The van der Waals surface area contributed by atoms with Crippen molar-refractivity contribution >= 4 is 22.6 Å². The maximum absolute atomic E-state index is 12.7. The molecule has 3 unspecified atom stereocenters. The lowest BCUT2D eigenvalue weighted by atomic mass is 10.0. The van der Waals surface area contributed by atoms with Gasteiger partial charge in [0.2, 0.25) is 11.8 Å². The van der Waals surface area contributed by atoms with Crippen LogP contribution in [0.15, 0.2) is 0 Å². The highest BCUT2D eigenvalue weighted by Gasteiger charge is 2.28. The number of amides is 2. The van der Waals surface area contributed by atoms with Gasteiger partial charge in [0.15, 0.2) is 0 Å². The van der Waals surface area contributed by atoms with E-state index in [1.165, 1.54) is 70.6 Å². The molecule has 5 nitrogen and oxygen atoms in total. The zero-order chi connectivity index (χ0) is 24.4. The lowest BCUT2D eigenvalue weighted by Gasteiger charge is -2.26. The smallest absolute Gasteiger partial charge is 0.243 e. The maximum atomic E-state index is 12.7. The van der Waals surface area contributed by atoms with Gasteiger partial charge in [-0.15, -0.1) is 0 Å². The predicted octanol–water partition coefficient (Wildman–Crippen LogP) is 6.09. The molecule has 6 heteroatoms. The number of hydrogen-bond donors (Lipinski definition) is 2. The molecule has 0 spiro atoms. The third-order valence-corrected chi connectivity index (χ3v) is 7.40. The normalized spacial score (nSPS) is 14.4. The minimum atomic E-state index is -1.15. The second-order valence-electron chi connectivity index (χ2n) is 9.95. The Morgan fingerprint density at radius 2 is 1.12 bits per heavy atom. The summed E-state index contributed by atoms with van der Waals surface area (Å²) in [5.41, 5.74) is 0. The molecule has 0 fully saturated rings. The number of nitrogens with one attached hydrogen (secondary N) is 2. The van der Waals surface area contributed by atoms with Crippen LogP contribution in [0, 0.1) is 11.8 Å². The van der Waals surface area contributed by atoms with Crippen LogP contribution in [0.1, 0.15) is 125 Å². The van der Waals surface area contributed by atoms with Gasteiger partial charge < -0.3 is 10.6 Å². The van der Waals surface area contributed by atoms with Gasteiger partial charge in [-0.3, -0.25) is 13.8 Å². The van der Waals surface area contributed by atoms with Gasteiger partial charge >= 0.3 is 0 Å². The number of unbranched alkanes of at least 4 members (excludes halogenated alkanes) is 12. The first-order valence-electron chi connectivity index (χ1n) is 13.1. The fraction of sp³-hybridized carbons (Fsp3) is 0.923. The molecule has 0 rings (SSSR count). The molecule has 0 aliphatic heterocycles. The monoisotopic (exact) mass is 472 g/mol. The molecule has 2 amide bonds. The minimum Gasteiger partial charge on any atom is -0.344 e. The second kappa shape index (κ2) is 19.5. The number of hydrogen-bond acceptors (Lipinski definition) is 3. The summed E-state index contributed by atoms with van der Waals surface area (Å²) < 4.78 is 11.9. The fourth-order valence-electron chi connectivity index (χ4n) is 3.95. The first-order chi connectivity index (χ1) is 15.2. The molecule has 3 atom stereocenters. The van der Waals surface area contributed by atoms with Crippen molar-refractivity contribution < 1.29 is 13.8 Å². The number of carbonyl (C=O) groups excluding carboxylic acids is 2. The topological polar surface area (TPSA) is 75.3 Å². The summed E-state index contributed by atoms with van der Waals surface area (Å²) in [7, 11) is -1.15. The van der Waals surface area contributed by atoms with Crippen LogP contribution in [0.5, 0.6) is 0 Å². The van der Waals surface area contributed by atoms with E-state index >= 15 is 0 Å². The van der Waals surface area contributed by atoms with Gasteiger partial charge in [-0.2, -0.15) is 0 Å². The summed E-state index contributed by atoms with van der Waals surface area (Å²) in [5, 5.41) is 5.36. The minimum absolute atomic E-state index is 0.0244. The third-order valence-electron chi connectivity index (χ3n) is 6.02. The highest BCUT2D eigenvalue weighted by atomic mass is 32.2. The van der Waals surface area contributed by atoms with Gasteiger partial charge in [-0.25, -0.2) is 0 Å². The van der Waals surface area contributed by atoms with E-state index in [4.69, 9.17) is 0 Å². The van der Waals surface area contributed by atoms with Crippen LogP contribution in [-0.2, 0) is 20.4 Å². The fourth-order valence-corrected chi connectivity index (χ4v) is 5.00. The van der Waals surface area contributed by atoms with Gasteiger partial charge in [0.1, 0.15) is 11.4 Å². The number of carbonyl (C=O) groups is 2. The molecular weight excluding hydrogens is 420 g/mol. The van der Waals surface area contributed by atoms with E-state index in [1.807, 2.05) is 27.7 Å². The van der Waals surface area contributed by atoms with E-state index < -0.39 is 22.2 Å². The van der Waals surface area contributed by atoms with Crippen molar-refractivity contribution in [2.45, 2.75) is 136 Å². The van der Waals surface area contributed by atoms with E-state index in [-0.39, 0.29) is 23.7 Å². The van der Waals surface area contributed by atoms with Crippen molar-refractivity contribution in [2.75, 3.05) is 6.26 Å². The molecule has 0 saturated heterocycles. The van der Waals surface area contributed by atoms with E-state index in [0.717, 1.165) is 12.8 Å².